The van der Waals surface area contributed by atoms with E-state index in [-0.39, 0.29) is 13.1 Å². The summed E-state index contributed by atoms with van der Waals surface area (Å²) >= 11 is 0. The molecule has 0 saturated carbocycles. The molecule has 21 heavy (non-hydrogen) atoms. The van der Waals surface area contributed by atoms with Gasteiger partial charge in [0.15, 0.2) is 0 Å². The first-order valence-corrected chi connectivity index (χ1v) is 7.48. The Balaban J connectivity index is 3.42. The van der Waals surface area contributed by atoms with Gasteiger partial charge in [0.25, 0.3) is 0 Å². The third-order valence-corrected chi connectivity index (χ3v) is 2.96. The van der Waals surface area contributed by atoms with Gasteiger partial charge in [-0.25, -0.2) is 9.69 Å². The van der Waals surface area contributed by atoms with Crippen LogP contribution in [0.4, 0.5) is 4.79 Å². The van der Waals surface area contributed by atoms with Gasteiger partial charge in [-0.15, -0.1) is 0 Å². The van der Waals surface area contributed by atoms with Gasteiger partial charge in [-0.05, 0) is 58.4 Å². The van der Waals surface area contributed by atoms with Gasteiger partial charge in [-0.1, -0.05) is 0 Å². The third kappa shape index (κ3) is 11.1. The highest BCUT2D eigenvalue weighted by Gasteiger charge is 2.17. The molecular weight excluding hydrogens is 274 g/mol. The molecule has 0 heterocycles. The Hall–Kier alpha value is -1.22. The van der Waals surface area contributed by atoms with Gasteiger partial charge in [0, 0.05) is 6.54 Å². The van der Waals surface area contributed by atoms with Crippen LogP contribution >= 0.6 is 0 Å². The summed E-state index contributed by atoms with van der Waals surface area (Å²) < 4.78 is 0. The summed E-state index contributed by atoms with van der Waals surface area (Å²) in [6.45, 7) is 4.13. The molecule has 7 N–H and O–H groups in total. The number of imide groups is 1. The smallest absolute Gasteiger partial charge is 0.414 e. The number of unbranched alkanes of at least 4 members (excludes halogenated alkanes) is 1. The van der Waals surface area contributed by atoms with Crippen molar-refractivity contribution in [1.82, 2.24) is 15.5 Å². The first kappa shape index (κ1) is 19.8. The van der Waals surface area contributed by atoms with Crippen LogP contribution in [-0.2, 0) is 4.79 Å². The number of nitrogens with zero attached hydrogens (tertiary/aromatic N) is 1. The number of nitrogens with two attached hydrogens (primary N) is 2. The monoisotopic (exact) mass is 303 g/mol. The summed E-state index contributed by atoms with van der Waals surface area (Å²) in [6, 6.07) is 0. The number of carboxylic acid groups (broad SMARTS) is 1. The maximum Gasteiger partial charge on any atom is 0.414 e. The predicted octanol–water partition coefficient (Wildman–Crippen LogP) is -0.850. The highest BCUT2D eigenvalue weighted by Crippen LogP contribution is 1.93. The van der Waals surface area contributed by atoms with Gasteiger partial charge in [0.05, 0.1) is 6.54 Å². The molecule has 0 unspecified atom stereocenters. The van der Waals surface area contributed by atoms with Gasteiger partial charge in [0.1, 0.15) is 0 Å². The van der Waals surface area contributed by atoms with Crippen LogP contribution in [0.2, 0.25) is 0 Å². The molecule has 0 rings (SSSR count). The number of amides is 2. The molecular formula is C13H29N5O3. The summed E-state index contributed by atoms with van der Waals surface area (Å²) in [4.78, 5) is 22.8. The van der Waals surface area contributed by atoms with E-state index in [1.54, 1.807) is 0 Å². The highest BCUT2D eigenvalue weighted by atomic mass is 16.4. The summed E-state index contributed by atoms with van der Waals surface area (Å²) in [6.07, 6.45) is 2.49. The van der Waals surface area contributed by atoms with Gasteiger partial charge in [-0.3, -0.25) is 4.79 Å². The maximum absolute atomic E-state index is 11.3. The molecule has 0 aromatic heterocycles. The summed E-state index contributed by atoms with van der Waals surface area (Å²) in [5, 5.41) is 15.4. The molecule has 0 aromatic carbocycles. The Morgan fingerprint density at radius 3 is 1.90 bits per heavy atom. The van der Waals surface area contributed by atoms with E-state index < -0.39 is 12.0 Å². The minimum Gasteiger partial charge on any atom is -0.465 e. The summed E-state index contributed by atoms with van der Waals surface area (Å²) in [5.41, 5.74) is 10.5. The topological polar surface area (TPSA) is 134 Å². The van der Waals surface area contributed by atoms with E-state index in [9.17, 15) is 9.59 Å². The lowest BCUT2D eigenvalue weighted by atomic mass is 10.3. The van der Waals surface area contributed by atoms with Crippen LogP contribution in [0.3, 0.4) is 0 Å². The lowest BCUT2D eigenvalue weighted by Gasteiger charge is -2.16. The van der Waals surface area contributed by atoms with Crippen LogP contribution in [-0.4, -0.2) is 67.8 Å². The Labute approximate surface area is 126 Å². The number of hydrogen-bond donors (Lipinski definition) is 5. The van der Waals surface area contributed by atoms with Crippen LogP contribution < -0.4 is 22.1 Å². The average Bonchev–Trinajstić information content (AvgIpc) is 2.47. The van der Waals surface area contributed by atoms with Crippen molar-refractivity contribution in [2.24, 2.45) is 11.5 Å². The molecule has 0 fully saturated rings. The minimum atomic E-state index is -1.24. The normalized spacial score (nSPS) is 10.6. The zero-order valence-corrected chi connectivity index (χ0v) is 12.6. The predicted molar refractivity (Wildman–Crippen MR) is 82.1 cm³/mol. The number of rotatable bonds is 13. The van der Waals surface area contributed by atoms with E-state index in [1.807, 2.05) is 0 Å². The number of carbonyl (C=O) groups is 2. The van der Waals surface area contributed by atoms with Crippen molar-refractivity contribution in [2.75, 3.05) is 45.8 Å². The molecule has 8 nitrogen and oxygen atoms in total. The number of carbonyl (C=O) groups excluding carboxylic acids is 1. The van der Waals surface area contributed by atoms with Gasteiger partial charge < -0.3 is 27.2 Å². The summed E-state index contributed by atoms with van der Waals surface area (Å²) in [7, 11) is 0. The van der Waals surface area contributed by atoms with E-state index in [2.05, 4.69) is 10.6 Å². The minimum absolute atomic E-state index is 0.180. The van der Waals surface area contributed by atoms with Gasteiger partial charge in [0.2, 0.25) is 5.91 Å². The molecule has 0 radical (unpaired) electrons. The fraction of sp³-hybridized carbons (Fsp3) is 0.846. The fourth-order valence-electron chi connectivity index (χ4n) is 1.78. The molecule has 0 atom stereocenters. The Morgan fingerprint density at radius 2 is 1.43 bits per heavy atom. The van der Waals surface area contributed by atoms with Crippen LogP contribution in [0, 0.1) is 0 Å². The van der Waals surface area contributed by atoms with Crippen LogP contribution in [0.15, 0.2) is 0 Å². The van der Waals surface area contributed by atoms with Crippen LogP contribution in [0.25, 0.3) is 0 Å². The zero-order valence-electron chi connectivity index (χ0n) is 12.6. The maximum atomic E-state index is 11.3. The Morgan fingerprint density at radius 1 is 0.905 bits per heavy atom. The Kier molecular flexibility index (Phi) is 13.0. The van der Waals surface area contributed by atoms with Crippen molar-refractivity contribution < 1.29 is 14.7 Å². The first-order chi connectivity index (χ1) is 10.1. The van der Waals surface area contributed by atoms with Crippen molar-refractivity contribution in [3.8, 4) is 0 Å². The lowest BCUT2D eigenvalue weighted by Crippen LogP contribution is -2.41. The molecule has 0 spiro atoms. The molecule has 8 heteroatoms. The number of hydrogen-bond acceptors (Lipinski definition) is 6. The quantitative estimate of drug-likeness (QED) is 0.280. The second kappa shape index (κ2) is 13.7. The largest absolute Gasteiger partial charge is 0.465 e. The van der Waals surface area contributed by atoms with E-state index >= 15 is 0 Å². The van der Waals surface area contributed by atoms with Crippen molar-refractivity contribution in [3.63, 3.8) is 0 Å². The molecule has 0 aliphatic rings. The van der Waals surface area contributed by atoms with Crippen LogP contribution in [0.1, 0.15) is 25.7 Å². The van der Waals surface area contributed by atoms with E-state index in [0.29, 0.717) is 19.5 Å². The third-order valence-electron chi connectivity index (χ3n) is 2.96. The lowest BCUT2D eigenvalue weighted by molar-refractivity contribution is -0.127. The fourth-order valence-corrected chi connectivity index (χ4v) is 1.78. The molecule has 124 valence electrons. The van der Waals surface area contributed by atoms with Crippen LogP contribution in [0.5, 0.6) is 0 Å². The van der Waals surface area contributed by atoms with Crippen molar-refractivity contribution in [2.45, 2.75) is 25.7 Å². The molecule has 0 aromatic rings. The van der Waals surface area contributed by atoms with Crippen molar-refractivity contribution in [3.05, 3.63) is 0 Å². The van der Waals surface area contributed by atoms with Gasteiger partial charge >= 0.3 is 6.09 Å². The molecule has 0 saturated heterocycles. The van der Waals surface area contributed by atoms with Crippen molar-refractivity contribution >= 4 is 12.0 Å². The highest BCUT2D eigenvalue weighted by molar-refractivity contribution is 5.92. The number of nitrogens with one attached hydrogen (secondary N) is 2. The van der Waals surface area contributed by atoms with Gasteiger partial charge in [-0.2, -0.15) is 0 Å². The van der Waals surface area contributed by atoms with E-state index in [0.717, 1.165) is 43.8 Å². The Bertz CT molecular complexity index is 289. The van der Waals surface area contributed by atoms with E-state index in [1.165, 1.54) is 0 Å². The molecule has 0 aliphatic heterocycles. The zero-order chi connectivity index (χ0) is 15.9. The molecule has 2 amide bonds. The second-order valence-electron chi connectivity index (χ2n) is 4.73. The SMILES string of the molecule is NCCCNCCCCNCCCN(C(=O)O)C(=O)CN. The average molecular weight is 303 g/mol. The molecule has 0 aliphatic carbocycles. The second-order valence-corrected chi connectivity index (χ2v) is 4.73. The first-order valence-electron chi connectivity index (χ1n) is 7.48. The standard InChI is InChI=1S/C13H29N5O3/c14-5-3-8-16-6-1-2-7-17-9-4-10-18(13(20)21)12(19)11-15/h16-17H,1-11,14-15H2,(H,20,21). The van der Waals surface area contributed by atoms with E-state index in [4.69, 9.17) is 16.6 Å². The summed E-state index contributed by atoms with van der Waals surface area (Å²) in [5.74, 6) is -0.564. The molecule has 0 bridgehead atoms. The van der Waals surface area contributed by atoms with Crippen molar-refractivity contribution in [1.29, 1.82) is 0 Å².